The fourth-order valence-electron chi connectivity index (χ4n) is 3.06. The van der Waals surface area contributed by atoms with Gasteiger partial charge in [0.05, 0.1) is 7.11 Å². The molecule has 154 valence electrons. The lowest BCUT2D eigenvalue weighted by atomic mass is 10.1. The second-order valence-corrected chi connectivity index (χ2v) is 6.73. The minimum Gasteiger partial charge on any atom is -0.482 e. The Morgan fingerprint density at radius 3 is 2.32 bits per heavy atom. The number of ether oxygens (including phenoxy) is 2. The number of esters is 1. The topological polar surface area (TPSA) is 61.6 Å². The number of oxazole rings is 1. The first-order valence-corrected chi connectivity index (χ1v) is 9.82. The first-order valence-electron chi connectivity index (χ1n) is 9.82. The molecule has 0 aliphatic carbocycles. The predicted molar refractivity (Wildman–Crippen MR) is 120 cm³/mol. The van der Waals surface area contributed by atoms with Crippen molar-refractivity contribution in [1.82, 2.24) is 4.98 Å². The summed E-state index contributed by atoms with van der Waals surface area (Å²) in [6, 6.07) is 27.3. The second-order valence-electron chi connectivity index (χ2n) is 6.73. The van der Waals surface area contributed by atoms with E-state index in [1.54, 1.807) is 6.07 Å². The second kappa shape index (κ2) is 9.59. The Bertz CT molecular complexity index is 1120. The molecule has 0 amide bonds. The van der Waals surface area contributed by atoms with Crippen molar-refractivity contribution in [3.8, 4) is 28.3 Å². The van der Waals surface area contributed by atoms with Crippen molar-refractivity contribution in [2.45, 2.75) is 0 Å². The summed E-state index contributed by atoms with van der Waals surface area (Å²) >= 11 is 0. The summed E-state index contributed by atoms with van der Waals surface area (Å²) in [5, 5.41) is 0. The minimum atomic E-state index is -0.428. The zero-order valence-electron chi connectivity index (χ0n) is 17.0. The van der Waals surface area contributed by atoms with Gasteiger partial charge in [-0.15, -0.1) is 0 Å². The molecule has 0 saturated heterocycles. The molecule has 4 rings (SSSR count). The summed E-state index contributed by atoms with van der Waals surface area (Å²) in [6.07, 6.45) is 3.71. The molecule has 0 aliphatic heterocycles. The molecule has 1 heterocycles. The fourth-order valence-corrected chi connectivity index (χ4v) is 3.06. The van der Waals surface area contributed by atoms with E-state index in [4.69, 9.17) is 14.1 Å². The van der Waals surface area contributed by atoms with Crippen LogP contribution in [0, 0.1) is 0 Å². The van der Waals surface area contributed by atoms with E-state index in [2.05, 4.69) is 4.74 Å². The lowest BCUT2D eigenvalue weighted by Crippen LogP contribution is -2.12. The van der Waals surface area contributed by atoms with Gasteiger partial charge in [0.2, 0.25) is 5.89 Å². The third kappa shape index (κ3) is 5.08. The first-order chi connectivity index (χ1) is 15.2. The van der Waals surface area contributed by atoms with Crippen LogP contribution in [0.25, 0.3) is 34.7 Å². The van der Waals surface area contributed by atoms with Crippen LogP contribution in [0.15, 0.2) is 89.3 Å². The number of rotatable bonds is 7. The largest absolute Gasteiger partial charge is 0.482 e. The molecule has 0 N–H and O–H groups in total. The molecule has 1 aromatic heterocycles. The summed E-state index contributed by atoms with van der Waals surface area (Å²) < 4.78 is 16.1. The molecule has 5 nitrogen and oxygen atoms in total. The van der Waals surface area contributed by atoms with E-state index in [0.717, 1.165) is 28.1 Å². The SMILES string of the molecule is COC(=O)COc1cccc(/C=C/c2nc(-c3ccccc3)c(-c3ccccc3)o2)c1. The smallest absolute Gasteiger partial charge is 0.343 e. The quantitative estimate of drug-likeness (QED) is 0.363. The standard InChI is InChI=1S/C26H21NO4/c1-29-24(28)18-30-22-14-8-9-19(17-22)15-16-23-27-25(20-10-4-2-5-11-20)26(31-23)21-12-6-3-7-13-21/h2-17H,18H2,1H3/b16-15+. The van der Waals surface area contributed by atoms with Gasteiger partial charge in [-0.2, -0.15) is 0 Å². The normalized spacial score (nSPS) is 10.9. The van der Waals surface area contributed by atoms with Crippen LogP contribution in [0.2, 0.25) is 0 Å². The Labute approximate surface area is 180 Å². The van der Waals surface area contributed by atoms with Crippen molar-refractivity contribution in [3.63, 3.8) is 0 Å². The van der Waals surface area contributed by atoms with Crippen molar-refractivity contribution in [1.29, 1.82) is 0 Å². The summed E-state index contributed by atoms with van der Waals surface area (Å²) in [5.41, 5.74) is 3.64. The van der Waals surface area contributed by atoms with Gasteiger partial charge in [0.15, 0.2) is 12.4 Å². The number of nitrogens with zero attached hydrogens (tertiary/aromatic N) is 1. The Morgan fingerprint density at radius 1 is 0.903 bits per heavy atom. The minimum absolute atomic E-state index is 0.135. The average molecular weight is 411 g/mol. The molecule has 3 aromatic carbocycles. The van der Waals surface area contributed by atoms with Gasteiger partial charge in [0, 0.05) is 17.2 Å². The highest BCUT2D eigenvalue weighted by Gasteiger charge is 2.15. The summed E-state index contributed by atoms with van der Waals surface area (Å²) in [4.78, 5) is 16.0. The van der Waals surface area contributed by atoms with Crippen LogP contribution in [0.5, 0.6) is 5.75 Å². The van der Waals surface area contributed by atoms with Crippen molar-refractivity contribution in [2.24, 2.45) is 0 Å². The highest BCUT2D eigenvalue weighted by Crippen LogP contribution is 2.33. The van der Waals surface area contributed by atoms with Gasteiger partial charge in [0.25, 0.3) is 0 Å². The number of methoxy groups -OCH3 is 1. The van der Waals surface area contributed by atoms with Gasteiger partial charge >= 0.3 is 5.97 Å². The van der Waals surface area contributed by atoms with Crippen LogP contribution >= 0.6 is 0 Å². The fraction of sp³-hybridized carbons (Fsp3) is 0.0769. The lowest BCUT2D eigenvalue weighted by Gasteiger charge is -2.05. The molecule has 0 fully saturated rings. The van der Waals surface area contributed by atoms with Crippen molar-refractivity contribution in [2.75, 3.05) is 13.7 Å². The van der Waals surface area contributed by atoms with Crippen LogP contribution in [0.1, 0.15) is 11.5 Å². The monoisotopic (exact) mass is 411 g/mol. The van der Waals surface area contributed by atoms with Crippen molar-refractivity contribution >= 4 is 18.1 Å². The van der Waals surface area contributed by atoms with Gasteiger partial charge in [-0.05, 0) is 23.8 Å². The van der Waals surface area contributed by atoms with E-state index in [0.29, 0.717) is 11.6 Å². The maximum Gasteiger partial charge on any atom is 0.343 e. The number of hydrogen-bond donors (Lipinski definition) is 0. The summed E-state index contributed by atoms with van der Waals surface area (Å²) in [6.45, 7) is -0.135. The lowest BCUT2D eigenvalue weighted by molar-refractivity contribution is -0.142. The number of hydrogen-bond acceptors (Lipinski definition) is 5. The molecule has 31 heavy (non-hydrogen) atoms. The van der Waals surface area contributed by atoms with Gasteiger partial charge in [-0.25, -0.2) is 9.78 Å². The number of benzene rings is 3. The van der Waals surface area contributed by atoms with E-state index in [9.17, 15) is 4.79 Å². The van der Waals surface area contributed by atoms with Crippen LogP contribution < -0.4 is 4.74 Å². The van der Waals surface area contributed by atoms with Crippen molar-refractivity contribution in [3.05, 3.63) is 96.4 Å². The molecule has 0 radical (unpaired) electrons. The van der Waals surface area contributed by atoms with Gasteiger partial charge in [-0.3, -0.25) is 0 Å². The predicted octanol–water partition coefficient (Wildman–Crippen LogP) is 5.73. The molecule has 0 atom stereocenters. The van der Waals surface area contributed by atoms with E-state index in [1.165, 1.54) is 7.11 Å². The highest BCUT2D eigenvalue weighted by atomic mass is 16.6. The third-order valence-corrected chi connectivity index (χ3v) is 4.59. The molecular formula is C26H21NO4. The Hall–Kier alpha value is -4.12. The Balaban J connectivity index is 1.61. The Morgan fingerprint density at radius 2 is 1.61 bits per heavy atom. The molecule has 0 unspecified atom stereocenters. The molecule has 0 spiro atoms. The maximum absolute atomic E-state index is 11.3. The number of aromatic nitrogens is 1. The highest BCUT2D eigenvalue weighted by molar-refractivity contribution is 5.78. The van der Waals surface area contributed by atoms with Crippen LogP contribution in [-0.2, 0) is 9.53 Å². The van der Waals surface area contributed by atoms with Crippen LogP contribution in [0.3, 0.4) is 0 Å². The van der Waals surface area contributed by atoms with Crippen LogP contribution in [-0.4, -0.2) is 24.7 Å². The number of carbonyl (C=O) groups excluding carboxylic acids is 1. The van der Waals surface area contributed by atoms with E-state index >= 15 is 0 Å². The maximum atomic E-state index is 11.3. The zero-order valence-corrected chi connectivity index (χ0v) is 17.0. The number of carbonyl (C=O) groups is 1. The molecule has 5 heteroatoms. The molecule has 0 aliphatic rings. The van der Waals surface area contributed by atoms with Gasteiger partial charge < -0.3 is 13.9 Å². The zero-order chi connectivity index (χ0) is 21.5. The molecule has 0 bridgehead atoms. The molecule has 0 saturated carbocycles. The average Bonchev–Trinajstić information content (AvgIpc) is 3.27. The van der Waals surface area contributed by atoms with Gasteiger partial charge in [-0.1, -0.05) is 72.8 Å². The molecular weight excluding hydrogens is 390 g/mol. The van der Waals surface area contributed by atoms with E-state index in [1.807, 2.05) is 91.0 Å². The van der Waals surface area contributed by atoms with Crippen LogP contribution in [0.4, 0.5) is 0 Å². The summed E-state index contributed by atoms with van der Waals surface area (Å²) in [7, 11) is 1.33. The van der Waals surface area contributed by atoms with E-state index in [-0.39, 0.29) is 6.61 Å². The van der Waals surface area contributed by atoms with E-state index < -0.39 is 5.97 Å². The molecule has 4 aromatic rings. The van der Waals surface area contributed by atoms with Gasteiger partial charge in [0.1, 0.15) is 11.4 Å². The van der Waals surface area contributed by atoms with Crippen molar-refractivity contribution < 1.29 is 18.7 Å². The summed E-state index contributed by atoms with van der Waals surface area (Å²) in [5.74, 6) is 1.37. The first kappa shape index (κ1) is 20.2. The third-order valence-electron chi connectivity index (χ3n) is 4.59. The Kier molecular flexibility index (Phi) is 6.24.